The van der Waals surface area contributed by atoms with Crippen LogP contribution < -0.4 is 5.56 Å². The van der Waals surface area contributed by atoms with Crippen molar-refractivity contribution in [2.24, 2.45) is 0 Å². The molecule has 0 saturated carbocycles. The van der Waals surface area contributed by atoms with Gasteiger partial charge in [-0.3, -0.25) is 4.79 Å². The molecule has 0 bridgehead atoms. The molecule has 0 fully saturated rings. The number of nitrogens with zero attached hydrogens (tertiary/aromatic N) is 1. The minimum Gasteiger partial charge on any atom is -0.479 e. The number of rotatable bonds is 10. The first-order valence-corrected chi connectivity index (χ1v) is 9.13. The molecular weight excluding hydrogens is 378 g/mol. The van der Waals surface area contributed by atoms with Crippen molar-refractivity contribution in [3.8, 4) is 11.1 Å². The van der Waals surface area contributed by atoms with Gasteiger partial charge in [0.1, 0.15) is 0 Å². The average Bonchev–Trinajstić information content (AvgIpc) is 2.66. The van der Waals surface area contributed by atoms with Gasteiger partial charge in [-0.05, 0) is 37.1 Å². The van der Waals surface area contributed by atoms with E-state index < -0.39 is 23.6 Å². The summed E-state index contributed by atoms with van der Waals surface area (Å²) >= 11 is 0. The summed E-state index contributed by atoms with van der Waals surface area (Å²) in [4.78, 5) is 36.0. The third-order valence-corrected chi connectivity index (χ3v) is 4.40. The molecule has 0 aliphatic carbocycles. The van der Waals surface area contributed by atoms with E-state index in [9.17, 15) is 24.6 Å². The lowest BCUT2D eigenvalue weighted by atomic mass is 9.93. The number of hydrogen-bond donors (Lipinski definition) is 2. The van der Waals surface area contributed by atoms with E-state index in [1.807, 2.05) is 0 Å². The van der Waals surface area contributed by atoms with Gasteiger partial charge in [0, 0.05) is 31.8 Å². The zero-order valence-electron chi connectivity index (χ0n) is 16.6. The maximum absolute atomic E-state index is 12.6. The maximum Gasteiger partial charge on any atom is 0.348 e. The van der Waals surface area contributed by atoms with E-state index >= 15 is 0 Å². The summed E-state index contributed by atoms with van der Waals surface area (Å²) in [7, 11) is 1.56. The van der Waals surface area contributed by atoms with Crippen molar-refractivity contribution in [1.82, 2.24) is 4.57 Å². The molecule has 156 valence electrons. The average molecular weight is 403 g/mol. The van der Waals surface area contributed by atoms with Crippen LogP contribution in [0.4, 0.5) is 0 Å². The highest BCUT2D eigenvalue weighted by atomic mass is 16.6. The molecule has 8 heteroatoms. The van der Waals surface area contributed by atoms with Crippen molar-refractivity contribution in [3.63, 3.8) is 0 Å². The van der Waals surface area contributed by atoms with Gasteiger partial charge in [-0.1, -0.05) is 24.3 Å². The third kappa shape index (κ3) is 5.10. The van der Waals surface area contributed by atoms with Crippen LogP contribution in [-0.2, 0) is 32.0 Å². The van der Waals surface area contributed by atoms with Crippen LogP contribution in [0.1, 0.15) is 19.4 Å². The van der Waals surface area contributed by atoms with Gasteiger partial charge in [-0.15, -0.1) is 0 Å². The topological polar surface area (TPSA) is 115 Å². The van der Waals surface area contributed by atoms with E-state index in [-0.39, 0.29) is 12.0 Å². The standard InChI is InChI=1S/C21H25NO7/c1-14(2)29-21(19(24)25,20(26)27)13-15-6-8-16(9-7-15)17-5-4-10-22(18(17)23)11-12-28-3/h4-10,14H,11-13H2,1-3H3,(H,24,25)(H,26,27). The summed E-state index contributed by atoms with van der Waals surface area (Å²) in [6.07, 6.45) is 0.746. The Kier molecular flexibility index (Phi) is 7.30. The van der Waals surface area contributed by atoms with Crippen LogP contribution in [0.15, 0.2) is 47.4 Å². The number of carboxylic acid groups (broad SMARTS) is 2. The molecule has 1 heterocycles. The lowest BCUT2D eigenvalue weighted by Gasteiger charge is -2.27. The Morgan fingerprint density at radius 2 is 1.72 bits per heavy atom. The Hall–Kier alpha value is -2.97. The normalized spacial score (nSPS) is 11.6. The molecular formula is C21H25NO7. The number of aromatic nitrogens is 1. The smallest absolute Gasteiger partial charge is 0.348 e. The summed E-state index contributed by atoms with van der Waals surface area (Å²) < 4.78 is 11.8. The molecule has 1 aromatic carbocycles. The fourth-order valence-corrected chi connectivity index (χ4v) is 3.00. The molecule has 2 aromatic rings. The highest BCUT2D eigenvalue weighted by Crippen LogP contribution is 2.24. The van der Waals surface area contributed by atoms with Crippen molar-refractivity contribution >= 4 is 11.9 Å². The van der Waals surface area contributed by atoms with Crippen molar-refractivity contribution in [2.75, 3.05) is 13.7 Å². The monoisotopic (exact) mass is 403 g/mol. The number of aliphatic carboxylic acids is 2. The molecule has 2 rings (SSSR count). The number of hydrogen-bond acceptors (Lipinski definition) is 5. The Balaban J connectivity index is 2.34. The third-order valence-electron chi connectivity index (χ3n) is 4.40. The molecule has 0 amide bonds. The van der Waals surface area contributed by atoms with Crippen molar-refractivity contribution in [1.29, 1.82) is 0 Å². The fourth-order valence-electron chi connectivity index (χ4n) is 3.00. The lowest BCUT2D eigenvalue weighted by molar-refractivity contribution is -0.188. The van der Waals surface area contributed by atoms with Gasteiger partial charge in [0.2, 0.25) is 0 Å². The second-order valence-corrected chi connectivity index (χ2v) is 6.89. The maximum atomic E-state index is 12.6. The quantitative estimate of drug-likeness (QED) is 0.583. The Bertz CT molecular complexity index is 901. The number of pyridine rings is 1. The van der Waals surface area contributed by atoms with E-state index in [0.717, 1.165) is 0 Å². The first-order valence-electron chi connectivity index (χ1n) is 9.13. The van der Waals surface area contributed by atoms with E-state index in [0.29, 0.717) is 29.8 Å². The molecule has 0 unspecified atom stereocenters. The van der Waals surface area contributed by atoms with Gasteiger partial charge < -0.3 is 24.3 Å². The summed E-state index contributed by atoms with van der Waals surface area (Å²) in [6, 6.07) is 9.99. The van der Waals surface area contributed by atoms with Crippen LogP contribution >= 0.6 is 0 Å². The van der Waals surface area contributed by atoms with Crippen LogP contribution in [0.25, 0.3) is 11.1 Å². The Morgan fingerprint density at radius 1 is 1.10 bits per heavy atom. The highest BCUT2D eigenvalue weighted by Gasteiger charge is 2.49. The van der Waals surface area contributed by atoms with Crippen LogP contribution in [0.5, 0.6) is 0 Å². The molecule has 0 aliphatic rings. The summed E-state index contributed by atoms with van der Waals surface area (Å²) in [5.41, 5.74) is -0.960. The Labute approximate surface area is 168 Å². The number of benzene rings is 1. The molecule has 0 radical (unpaired) electrons. The number of carboxylic acids is 2. The van der Waals surface area contributed by atoms with Crippen LogP contribution in [-0.4, -0.2) is 52.1 Å². The number of ether oxygens (including phenoxy) is 2. The molecule has 0 spiro atoms. The van der Waals surface area contributed by atoms with Crippen molar-refractivity contribution < 1.29 is 29.3 Å². The first kappa shape index (κ1) is 22.3. The molecule has 0 aliphatic heterocycles. The van der Waals surface area contributed by atoms with Crippen molar-refractivity contribution in [2.45, 2.75) is 38.5 Å². The number of carbonyl (C=O) groups is 2. The molecule has 0 saturated heterocycles. The SMILES string of the molecule is COCCn1cccc(-c2ccc(CC(OC(C)C)(C(=O)O)C(=O)O)cc2)c1=O. The molecule has 1 aromatic heterocycles. The van der Waals surface area contributed by atoms with Gasteiger partial charge in [0.25, 0.3) is 11.2 Å². The zero-order valence-corrected chi connectivity index (χ0v) is 16.6. The lowest BCUT2D eigenvalue weighted by Crippen LogP contribution is -2.52. The predicted octanol–water partition coefficient (Wildman–Crippen LogP) is 2.04. The second-order valence-electron chi connectivity index (χ2n) is 6.89. The van der Waals surface area contributed by atoms with Crippen molar-refractivity contribution in [3.05, 3.63) is 58.5 Å². The molecule has 0 atom stereocenters. The van der Waals surface area contributed by atoms with Gasteiger partial charge in [0.15, 0.2) is 0 Å². The minimum atomic E-state index is -2.38. The van der Waals surface area contributed by atoms with Crippen LogP contribution in [0, 0.1) is 0 Å². The summed E-state index contributed by atoms with van der Waals surface area (Å²) in [5.74, 6) is -3.13. The van der Waals surface area contributed by atoms with E-state index in [1.165, 1.54) is 0 Å². The minimum absolute atomic E-state index is 0.175. The second kappa shape index (κ2) is 9.49. The van der Waals surface area contributed by atoms with E-state index in [1.54, 1.807) is 68.1 Å². The van der Waals surface area contributed by atoms with Gasteiger partial charge in [-0.2, -0.15) is 0 Å². The Morgan fingerprint density at radius 3 is 2.24 bits per heavy atom. The summed E-state index contributed by atoms with van der Waals surface area (Å²) in [6.45, 7) is 3.99. The van der Waals surface area contributed by atoms with Gasteiger partial charge in [0.05, 0.1) is 12.7 Å². The fraction of sp³-hybridized carbons (Fsp3) is 0.381. The first-order chi connectivity index (χ1) is 13.7. The molecule has 29 heavy (non-hydrogen) atoms. The zero-order chi connectivity index (χ0) is 21.6. The van der Waals surface area contributed by atoms with Gasteiger partial charge in [-0.25, -0.2) is 9.59 Å². The van der Waals surface area contributed by atoms with Crippen LogP contribution in [0.3, 0.4) is 0 Å². The summed E-state index contributed by atoms with van der Waals surface area (Å²) in [5, 5.41) is 19.0. The van der Waals surface area contributed by atoms with Gasteiger partial charge >= 0.3 is 11.9 Å². The van der Waals surface area contributed by atoms with Crippen LogP contribution in [0.2, 0.25) is 0 Å². The largest absolute Gasteiger partial charge is 0.479 e. The molecule has 8 nitrogen and oxygen atoms in total. The number of methoxy groups -OCH3 is 1. The molecule has 2 N–H and O–H groups in total. The van der Waals surface area contributed by atoms with E-state index in [4.69, 9.17) is 9.47 Å². The van der Waals surface area contributed by atoms with E-state index in [2.05, 4.69) is 0 Å². The predicted molar refractivity (Wildman–Crippen MR) is 106 cm³/mol. The highest BCUT2D eigenvalue weighted by molar-refractivity contribution is 6.02.